The van der Waals surface area contributed by atoms with Crippen LogP contribution in [0.3, 0.4) is 0 Å². The van der Waals surface area contributed by atoms with Crippen LogP contribution < -0.4 is 0 Å². The first-order valence-electron chi connectivity index (χ1n) is 13.9. The van der Waals surface area contributed by atoms with Gasteiger partial charge >= 0.3 is 0 Å². The molecule has 0 atom stereocenters. The monoisotopic (exact) mass is 593 g/mol. The molecule has 1 aliphatic heterocycles. The van der Waals surface area contributed by atoms with Crippen molar-refractivity contribution in [3.05, 3.63) is 120 Å². The van der Waals surface area contributed by atoms with Crippen molar-refractivity contribution >= 4 is 38.2 Å². The largest absolute Gasteiger partial charge is 0.301 e. The van der Waals surface area contributed by atoms with Crippen molar-refractivity contribution in [3.8, 4) is 22.4 Å². The standard InChI is InChI=1S/C33H28ClN5O2S/c34-28-14-11-26(12-15-28)32-29(39-22-27(13-16-31(39)36-32)24-6-2-1-3-7-24)23-37-18-20-38(21-19-37)42(40,41)30-10-4-8-25-9-5-17-35-33(25)30/h1-17,22H,18-21,23H2. The molecule has 0 amide bonds. The maximum Gasteiger partial charge on any atom is 0.245 e. The molecule has 1 fully saturated rings. The SMILES string of the molecule is O=S(=O)(c1cccc2cccnc12)N1CCN(Cc2c(-c3ccc(Cl)cc3)nc3ccc(-c4ccccc4)cn23)CC1. The normalized spacial score (nSPS) is 15.0. The second-order valence-corrected chi connectivity index (χ2v) is 12.8. The third-order valence-electron chi connectivity index (χ3n) is 7.86. The van der Waals surface area contributed by atoms with E-state index in [-0.39, 0.29) is 4.90 Å². The van der Waals surface area contributed by atoms with E-state index in [9.17, 15) is 8.42 Å². The number of sulfonamides is 1. The zero-order valence-corrected chi connectivity index (χ0v) is 24.3. The molecular formula is C33H28ClN5O2S. The van der Waals surface area contributed by atoms with E-state index in [1.54, 1.807) is 22.6 Å². The third kappa shape index (κ3) is 4.97. The van der Waals surface area contributed by atoms with Crippen LogP contribution in [0, 0.1) is 0 Å². The maximum atomic E-state index is 13.7. The Morgan fingerprint density at radius 2 is 1.48 bits per heavy atom. The molecule has 9 heteroatoms. The zero-order chi connectivity index (χ0) is 28.7. The van der Waals surface area contributed by atoms with E-state index in [0.29, 0.717) is 43.3 Å². The van der Waals surface area contributed by atoms with Crippen molar-refractivity contribution in [1.29, 1.82) is 0 Å². The zero-order valence-electron chi connectivity index (χ0n) is 22.8. The van der Waals surface area contributed by atoms with E-state index >= 15 is 0 Å². The highest BCUT2D eigenvalue weighted by Crippen LogP contribution is 2.30. The van der Waals surface area contributed by atoms with Crippen LogP contribution in [0.2, 0.25) is 5.02 Å². The number of para-hydroxylation sites is 1. The lowest BCUT2D eigenvalue weighted by atomic mass is 10.1. The number of fused-ring (bicyclic) bond motifs is 2. The van der Waals surface area contributed by atoms with Crippen LogP contribution in [0.25, 0.3) is 38.9 Å². The average molecular weight is 594 g/mol. The first-order valence-corrected chi connectivity index (χ1v) is 15.7. The molecule has 0 unspecified atom stereocenters. The second kappa shape index (κ2) is 11.0. The van der Waals surface area contributed by atoms with Gasteiger partial charge in [-0.3, -0.25) is 9.88 Å². The number of benzene rings is 3. The lowest BCUT2D eigenvalue weighted by Gasteiger charge is -2.34. The Hall–Kier alpha value is -4.08. The summed E-state index contributed by atoms with van der Waals surface area (Å²) in [7, 11) is -3.69. The lowest BCUT2D eigenvalue weighted by molar-refractivity contribution is 0.180. The van der Waals surface area contributed by atoms with E-state index in [0.717, 1.165) is 39.1 Å². The lowest BCUT2D eigenvalue weighted by Crippen LogP contribution is -2.48. The van der Waals surface area contributed by atoms with Gasteiger partial charge in [0.15, 0.2) is 0 Å². The van der Waals surface area contributed by atoms with Crippen molar-refractivity contribution in [2.45, 2.75) is 11.4 Å². The Balaban J connectivity index is 1.19. The first kappa shape index (κ1) is 26.8. The predicted octanol–water partition coefficient (Wildman–Crippen LogP) is 6.38. The minimum Gasteiger partial charge on any atom is -0.301 e. The summed E-state index contributed by atoms with van der Waals surface area (Å²) in [5, 5.41) is 1.49. The van der Waals surface area contributed by atoms with Gasteiger partial charge in [0.05, 0.1) is 16.9 Å². The summed E-state index contributed by atoms with van der Waals surface area (Å²) in [6, 6.07) is 31.2. The summed E-state index contributed by atoms with van der Waals surface area (Å²) in [5.41, 5.74) is 6.55. The number of hydrogen-bond acceptors (Lipinski definition) is 5. The Bertz CT molecular complexity index is 2000. The number of pyridine rings is 2. The van der Waals surface area contributed by atoms with Gasteiger partial charge in [-0.15, -0.1) is 0 Å². The van der Waals surface area contributed by atoms with Gasteiger partial charge in [-0.2, -0.15) is 4.31 Å². The molecule has 42 heavy (non-hydrogen) atoms. The van der Waals surface area contributed by atoms with Crippen LogP contribution in [0.1, 0.15) is 5.69 Å². The predicted molar refractivity (Wildman–Crippen MR) is 167 cm³/mol. The van der Waals surface area contributed by atoms with Gasteiger partial charge in [0.2, 0.25) is 10.0 Å². The van der Waals surface area contributed by atoms with Crippen LogP contribution in [-0.4, -0.2) is 58.2 Å². The van der Waals surface area contributed by atoms with E-state index in [4.69, 9.17) is 16.6 Å². The van der Waals surface area contributed by atoms with Crippen LogP contribution in [-0.2, 0) is 16.6 Å². The molecule has 0 spiro atoms. The fourth-order valence-electron chi connectivity index (χ4n) is 5.65. The van der Waals surface area contributed by atoms with Crippen LogP contribution in [0.15, 0.2) is 114 Å². The number of aromatic nitrogens is 3. The summed E-state index contributed by atoms with van der Waals surface area (Å²) in [6.07, 6.45) is 3.78. The Labute approximate surface area is 249 Å². The highest BCUT2D eigenvalue weighted by atomic mass is 35.5. The van der Waals surface area contributed by atoms with E-state index in [1.165, 1.54) is 0 Å². The van der Waals surface area contributed by atoms with Crippen molar-refractivity contribution in [2.75, 3.05) is 26.2 Å². The minimum atomic E-state index is -3.69. The molecule has 0 radical (unpaired) electrons. The smallest absolute Gasteiger partial charge is 0.245 e. The number of rotatable bonds is 6. The van der Waals surface area contributed by atoms with Crippen molar-refractivity contribution in [2.24, 2.45) is 0 Å². The minimum absolute atomic E-state index is 0.259. The summed E-state index contributed by atoms with van der Waals surface area (Å²) in [4.78, 5) is 11.9. The van der Waals surface area contributed by atoms with Crippen molar-refractivity contribution in [3.63, 3.8) is 0 Å². The molecule has 0 saturated carbocycles. The van der Waals surface area contributed by atoms with Gasteiger partial charge in [-0.1, -0.05) is 72.3 Å². The van der Waals surface area contributed by atoms with E-state index < -0.39 is 10.0 Å². The molecule has 210 valence electrons. The topological polar surface area (TPSA) is 70.8 Å². The molecule has 0 aliphatic carbocycles. The highest BCUT2D eigenvalue weighted by molar-refractivity contribution is 7.89. The van der Waals surface area contributed by atoms with E-state index in [2.05, 4.69) is 38.7 Å². The number of hydrogen-bond donors (Lipinski definition) is 0. The third-order valence-corrected chi connectivity index (χ3v) is 10.0. The summed E-state index contributed by atoms with van der Waals surface area (Å²) in [5.74, 6) is 0. The summed E-state index contributed by atoms with van der Waals surface area (Å²) in [6.45, 7) is 2.62. The summed E-state index contributed by atoms with van der Waals surface area (Å²) < 4.78 is 31.1. The molecule has 1 saturated heterocycles. The van der Waals surface area contributed by atoms with Crippen molar-refractivity contribution in [1.82, 2.24) is 23.6 Å². The van der Waals surface area contributed by atoms with E-state index in [1.807, 2.05) is 66.7 Å². The molecule has 3 aromatic heterocycles. The highest BCUT2D eigenvalue weighted by Gasteiger charge is 2.31. The molecular weight excluding hydrogens is 566 g/mol. The van der Waals surface area contributed by atoms with Crippen LogP contribution in [0.4, 0.5) is 0 Å². The summed E-state index contributed by atoms with van der Waals surface area (Å²) >= 11 is 6.20. The number of imidazole rings is 1. The molecule has 0 N–H and O–H groups in total. The number of piperazine rings is 1. The van der Waals surface area contributed by atoms with Gasteiger partial charge in [-0.25, -0.2) is 13.4 Å². The quantitative estimate of drug-likeness (QED) is 0.224. The van der Waals surface area contributed by atoms with Gasteiger partial charge in [-0.05, 0) is 47.5 Å². The van der Waals surface area contributed by atoms with Gasteiger partial charge in [0, 0.05) is 61.1 Å². The second-order valence-electron chi connectivity index (χ2n) is 10.4. The fourth-order valence-corrected chi connectivity index (χ4v) is 7.36. The average Bonchev–Trinajstić information content (AvgIpc) is 3.39. The Kier molecular flexibility index (Phi) is 6.99. The molecule has 7 rings (SSSR count). The molecule has 1 aliphatic rings. The number of nitrogens with zero attached hydrogens (tertiary/aromatic N) is 5. The Morgan fingerprint density at radius 3 is 2.26 bits per heavy atom. The Morgan fingerprint density at radius 1 is 0.738 bits per heavy atom. The maximum absolute atomic E-state index is 13.7. The van der Waals surface area contributed by atoms with Crippen molar-refractivity contribution < 1.29 is 8.42 Å². The van der Waals surface area contributed by atoms with Gasteiger partial charge in [0.25, 0.3) is 0 Å². The van der Waals surface area contributed by atoms with Gasteiger partial charge in [0.1, 0.15) is 10.5 Å². The molecule has 3 aromatic carbocycles. The first-order chi connectivity index (χ1) is 20.5. The van der Waals surface area contributed by atoms with Crippen LogP contribution >= 0.6 is 11.6 Å². The molecule has 6 aromatic rings. The number of halogens is 1. The van der Waals surface area contributed by atoms with Crippen LogP contribution in [0.5, 0.6) is 0 Å². The molecule has 7 nitrogen and oxygen atoms in total. The molecule has 4 heterocycles. The fraction of sp³-hybridized carbons (Fsp3) is 0.152. The van der Waals surface area contributed by atoms with Gasteiger partial charge < -0.3 is 4.40 Å². The molecule has 0 bridgehead atoms.